The van der Waals surface area contributed by atoms with E-state index in [0.717, 1.165) is 12.8 Å². The zero-order valence-electron chi connectivity index (χ0n) is 12.2. The Labute approximate surface area is 127 Å². The van der Waals surface area contributed by atoms with Crippen molar-refractivity contribution < 1.29 is 4.79 Å². The van der Waals surface area contributed by atoms with Crippen molar-refractivity contribution in [1.29, 1.82) is 0 Å². The van der Waals surface area contributed by atoms with E-state index >= 15 is 0 Å². The molecule has 0 aliphatic carbocycles. The fourth-order valence-electron chi connectivity index (χ4n) is 1.97. The van der Waals surface area contributed by atoms with Crippen molar-refractivity contribution in [3.05, 3.63) is 34.6 Å². The van der Waals surface area contributed by atoms with Crippen LogP contribution in [0.25, 0.3) is 10.9 Å². The van der Waals surface area contributed by atoms with Gasteiger partial charge in [0.25, 0.3) is 5.56 Å². The summed E-state index contributed by atoms with van der Waals surface area (Å²) in [5.74, 6) is -0.413. The number of carbonyl (C=O) groups excluding carboxylic acids is 1. The van der Waals surface area contributed by atoms with Gasteiger partial charge in [-0.05, 0) is 25.5 Å². The average molecular weight is 305 g/mol. The van der Waals surface area contributed by atoms with Gasteiger partial charge in [0.05, 0.1) is 16.2 Å². The molecular weight excluding hydrogens is 286 g/mol. The molecule has 21 heavy (non-hydrogen) atoms. The molecule has 1 amide bonds. The Hall–Kier alpha value is -1.82. The smallest absolute Gasteiger partial charge is 0.262 e. The van der Waals surface area contributed by atoms with E-state index in [1.807, 2.05) is 12.1 Å². The van der Waals surface area contributed by atoms with Crippen molar-refractivity contribution in [1.82, 2.24) is 9.55 Å². The molecule has 112 valence electrons. The molecule has 0 saturated heterocycles. The molecule has 0 radical (unpaired) electrons. The van der Waals surface area contributed by atoms with Crippen LogP contribution in [0.1, 0.15) is 26.7 Å². The van der Waals surface area contributed by atoms with Crippen LogP contribution in [0.4, 0.5) is 0 Å². The summed E-state index contributed by atoms with van der Waals surface area (Å²) in [6.07, 6.45) is 1.87. The molecular formula is C15H19N3O2S. The van der Waals surface area contributed by atoms with Crippen molar-refractivity contribution in [2.24, 2.45) is 5.73 Å². The Kier molecular flexibility index (Phi) is 5.01. The molecule has 5 nitrogen and oxygen atoms in total. The number of benzene rings is 1. The predicted octanol–water partition coefficient (Wildman–Crippen LogP) is 2.16. The zero-order chi connectivity index (χ0) is 15.4. The summed E-state index contributed by atoms with van der Waals surface area (Å²) in [7, 11) is 0. The predicted molar refractivity (Wildman–Crippen MR) is 85.4 cm³/mol. The van der Waals surface area contributed by atoms with E-state index < -0.39 is 11.2 Å². The number of primary amides is 1. The van der Waals surface area contributed by atoms with E-state index in [1.165, 1.54) is 11.8 Å². The summed E-state index contributed by atoms with van der Waals surface area (Å²) in [5, 5.41) is 0.731. The van der Waals surface area contributed by atoms with E-state index in [2.05, 4.69) is 11.9 Å². The molecule has 1 heterocycles. The van der Waals surface area contributed by atoms with Crippen molar-refractivity contribution in [2.75, 3.05) is 0 Å². The van der Waals surface area contributed by atoms with Crippen molar-refractivity contribution in [3.63, 3.8) is 0 Å². The average Bonchev–Trinajstić information content (AvgIpc) is 2.47. The zero-order valence-corrected chi connectivity index (χ0v) is 13.0. The van der Waals surface area contributed by atoms with Crippen molar-refractivity contribution in [2.45, 2.75) is 43.6 Å². The second-order valence-electron chi connectivity index (χ2n) is 4.88. The molecule has 2 rings (SSSR count). The molecule has 1 aromatic carbocycles. The quantitative estimate of drug-likeness (QED) is 0.655. The molecule has 6 heteroatoms. The van der Waals surface area contributed by atoms with E-state index in [0.29, 0.717) is 22.6 Å². The number of nitrogens with two attached hydrogens (primary N) is 1. The van der Waals surface area contributed by atoms with E-state index in [9.17, 15) is 9.59 Å². The van der Waals surface area contributed by atoms with Gasteiger partial charge in [-0.1, -0.05) is 37.2 Å². The highest BCUT2D eigenvalue weighted by molar-refractivity contribution is 8.00. The molecule has 1 aromatic heterocycles. The summed E-state index contributed by atoms with van der Waals surface area (Å²) in [5.41, 5.74) is 5.90. The first-order valence-electron chi connectivity index (χ1n) is 7.00. The number of hydrogen-bond acceptors (Lipinski definition) is 4. The van der Waals surface area contributed by atoms with Crippen LogP contribution in [0.5, 0.6) is 0 Å². The highest BCUT2D eigenvalue weighted by Gasteiger charge is 2.17. The summed E-state index contributed by atoms with van der Waals surface area (Å²) in [6.45, 7) is 4.39. The molecule has 1 atom stereocenters. The van der Waals surface area contributed by atoms with Crippen LogP contribution in [-0.4, -0.2) is 20.7 Å². The van der Waals surface area contributed by atoms with Gasteiger partial charge in [0.1, 0.15) is 0 Å². The number of hydrogen-bond donors (Lipinski definition) is 1. The minimum atomic E-state index is -0.425. The summed E-state index contributed by atoms with van der Waals surface area (Å²) in [4.78, 5) is 28.4. The van der Waals surface area contributed by atoms with Gasteiger partial charge >= 0.3 is 0 Å². The lowest BCUT2D eigenvalue weighted by Crippen LogP contribution is -2.27. The number of nitrogens with zero attached hydrogens (tertiary/aromatic N) is 2. The van der Waals surface area contributed by atoms with Gasteiger partial charge in [0.15, 0.2) is 5.16 Å². The van der Waals surface area contributed by atoms with E-state index in [-0.39, 0.29) is 5.56 Å². The lowest BCUT2D eigenvalue weighted by atomic mass is 10.2. The Balaban J connectivity index is 2.54. The topological polar surface area (TPSA) is 78.0 Å². The standard InChI is InChI=1S/C15H19N3O2S/c1-3-4-9-18-14(20)11-7-5-6-8-12(11)17-15(18)21-10(2)13(16)19/h5-8,10H,3-4,9H2,1-2H3,(H2,16,19)/t10-/m1/s1. The maximum absolute atomic E-state index is 12.6. The second kappa shape index (κ2) is 6.76. The lowest BCUT2D eigenvalue weighted by Gasteiger charge is -2.14. The maximum Gasteiger partial charge on any atom is 0.262 e. The van der Waals surface area contributed by atoms with Gasteiger partial charge in [-0.3, -0.25) is 14.2 Å². The number of aromatic nitrogens is 2. The minimum Gasteiger partial charge on any atom is -0.369 e. The number of carbonyl (C=O) groups is 1. The normalized spacial score (nSPS) is 12.5. The van der Waals surface area contributed by atoms with Gasteiger partial charge in [0, 0.05) is 6.54 Å². The third kappa shape index (κ3) is 3.44. The third-order valence-electron chi connectivity index (χ3n) is 3.24. The van der Waals surface area contributed by atoms with Crippen LogP contribution in [-0.2, 0) is 11.3 Å². The molecule has 0 aliphatic heterocycles. The van der Waals surface area contributed by atoms with Crippen LogP contribution < -0.4 is 11.3 Å². The SMILES string of the molecule is CCCCn1c(S[C@H](C)C(N)=O)nc2ccccc2c1=O. The van der Waals surface area contributed by atoms with Gasteiger partial charge in [-0.25, -0.2) is 4.98 Å². The molecule has 2 N–H and O–H groups in total. The first-order chi connectivity index (χ1) is 10.0. The Morgan fingerprint density at radius 1 is 1.43 bits per heavy atom. The fraction of sp³-hybridized carbons (Fsp3) is 0.400. The molecule has 0 aliphatic rings. The van der Waals surface area contributed by atoms with Gasteiger partial charge in [0.2, 0.25) is 5.91 Å². The minimum absolute atomic E-state index is 0.0618. The van der Waals surface area contributed by atoms with Crippen LogP contribution in [0, 0.1) is 0 Å². The molecule has 0 unspecified atom stereocenters. The van der Waals surface area contributed by atoms with Crippen LogP contribution >= 0.6 is 11.8 Å². The monoisotopic (exact) mass is 305 g/mol. The van der Waals surface area contributed by atoms with Crippen molar-refractivity contribution in [3.8, 4) is 0 Å². The van der Waals surface area contributed by atoms with Crippen molar-refractivity contribution >= 4 is 28.6 Å². The Morgan fingerprint density at radius 2 is 2.14 bits per heavy atom. The second-order valence-corrected chi connectivity index (χ2v) is 6.19. The Bertz CT molecular complexity index is 712. The van der Waals surface area contributed by atoms with E-state index in [4.69, 9.17) is 5.73 Å². The summed E-state index contributed by atoms with van der Waals surface area (Å²) in [6, 6.07) is 7.25. The highest BCUT2D eigenvalue weighted by Crippen LogP contribution is 2.22. The number of fused-ring (bicyclic) bond motifs is 1. The van der Waals surface area contributed by atoms with Crippen LogP contribution in [0.15, 0.2) is 34.2 Å². The highest BCUT2D eigenvalue weighted by atomic mass is 32.2. The lowest BCUT2D eigenvalue weighted by molar-refractivity contribution is -0.117. The van der Waals surface area contributed by atoms with Crippen LogP contribution in [0.2, 0.25) is 0 Å². The van der Waals surface area contributed by atoms with Crippen LogP contribution in [0.3, 0.4) is 0 Å². The summed E-state index contributed by atoms with van der Waals surface area (Å²) >= 11 is 1.24. The number of thioether (sulfide) groups is 1. The van der Waals surface area contributed by atoms with Gasteiger partial charge in [-0.2, -0.15) is 0 Å². The van der Waals surface area contributed by atoms with Gasteiger partial charge < -0.3 is 5.73 Å². The maximum atomic E-state index is 12.6. The number of para-hydroxylation sites is 1. The number of unbranched alkanes of at least 4 members (excludes halogenated alkanes) is 1. The first kappa shape index (κ1) is 15.6. The number of amides is 1. The molecule has 0 fully saturated rings. The fourth-order valence-corrected chi connectivity index (χ4v) is 2.85. The first-order valence-corrected chi connectivity index (χ1v) is 7.88. The molecule has 0 bridgehead atoms. The molecule has 2 aromatic rings. The Morgan fingerprint density at radius 3 is 2.81 bits per heavy atom. The molecule has 0 saturated carbocycles. The number of rotatable bonds is 6. The largest absolute Gasteiger partial charge is 0.369 e. The molecule has 0 spiro atoms. The third-order valence-corrected chi connectivity index (χ3v) is 4.35. The van der Waals surface area contributed by atoms with Gasteiger partial charge in [-0.15, -0.1) is 0 Å². The van der Waals surface area contributed by atoms with E-state index in [1.54, 1.807) is 23.6 Å². The summed E-state index contributed by atoms with van der Waals surface area (Å²) < 4.78 is 1.65.